The second-order valence-electron chi connectivity index (χ2n) is 5.46. The van der Waals surface area contributed by atoms with E-state index in [4.69, 9.17) is 0 Å². The number of hydrogen-bond acceptors (Lipinski definition) is 5. The van der Waals surface area contributed by atoms with Crippen LogP contribution in [0.1, 0.15) is 28.7 Å². The van der Waals surface area contributed by atoms with Gasteiger partial charge in [-0.15, -0.1) is 0 Å². The minimum atomic E-state index is -3.36. The molecule has 2 N–H and O–H groups in total. The van der Waals surface area contributed by atoms with Gasteiger partial charge in [-0.2, -0.15) is 10.2 Å². The van der Waals surface area contributed by atoms with E-state index < -0.39 is 15.9 Å². The summed E-state index contributed by atoms with van der Waals surface area (Å²) >= 11 is 3.33. The minimum Gasteiger partial charge on any atom is -0.284 e. The molecule has 2 rings (SSSR count). The number of carbonyl (C=O) groups excluding carboxylic acids is 1. The molecular weight excluding hydrogens is 410 g/mol. The van der Waals surface area contributed by atoms with E-state index in [0.717, 1.165) is 11.9 Å². The lowest BCUT2D eigenvalue weighted by Crippen LogP contribution is -2.20. The van der Waals surface area contributed by atoms with Gasteiger partial charge in [-0.3, -0.25) is 14.2 Å². The second-order valence-corrected chi connectivity index (χ2v) is 8.01. The Morgan fingerprint density at radius 3 is 2.60 bits per heavy atom. The van der Waals surface area contributed by atoms with Gasteiger partial charge in [0.2, 0.25) is 10.0 Å². The second kappa shape index (κ2) is 7.36. The van der Waals surface area contributed by atoms with Gasteiger partial charge in [-0.1, -0.05) is 12.1 Å². The molecule has 25 heavy (non-hydrogen) atoms. The molecule has 0 spiro atoms. The van der Waals surface area contributed by atoms with Gasteiger partial charge in [-0.05, 0) is 47.5 Å². The van der Waals surface area contributed by atoms with Crippen LogP contribution >= 0.6 is 15.9 Å². The van der Waals surface area contributed by atoms with Crippen LogP contribution in [0.15, 0.2) is 33.8 Å². The van der Waals surface area contributed by atoms with Crippen molar-refractivity contribution in [1.82, 2.24) is 15.2 Å². The maximum Gasteiger partial charge on any atom is 0.293 e. The Labute approximate surface area is 154 Å². The topological polar surface area (TPSA) is 105 Å². The van der Waals surface area contributed by atoms with E-state index in [-0.39, 0.29) is 5.69 Å². The standard InChI is InChI=1S/C15H18BrN5O3S/c1-9(11-6-5-7-12(8-11)20-25(4,23)24)17-18-15(22)14-13(16)10(2)21(3)19-14/h5-8,20H,1-4H3,(H,18,22). The molecule has 0 saturated carbocycles. The monoisotopic (exact) mass is 427 g/mol. The Balaban J connectivity index is 2.17. The van der Waals surface area contributed by atoms with Crippen LogP contribution in [0.3, 0.4) is 0 Å². The lowest BCUT2D eigenvalue weighted by molar-refractivity contribution is 0.0948. The average molecular weight is 428 g/mol. The van der Waals surface area contributed by atoms with Crippen molar-refractivity contribution >= 4 is 43.3 Å². The zero-order chi connectivity index (χ0) is 18.8. The molecule has 1 heterocycles. The number of hydrogen-bond donors (Lipinski definition) is 2. The maximum absolute atomic E-state index is 12.2. The number of aryl methyl sites for hydroxylation is 1. The maximum atomic E-state index is 12.2. The Bertz CT molecular complexity index is 950. The lowest BCUT2D eigenvalue weighted by Gasteiger charge is -2.06. The number of anilines is 1. The molecule has 0 unspecified atom stereocenters. The summed E-state index contributed by atoms with van der Waals surface area (Å²) in [6.07, 6.45) is 1.08. The zero-order valence-corrected chi connectivity index (χ0v) is 16.6. The van der Waals surface area contributed by atoms with E-state index in [2.05, 4.69) is 36.3 Å². The largest absolute Gasteiger partial charge is 0.293 e. The first-order chi connectivity index (χ1) is 11.6. The van der Waals surface area contributed by atoms with Gasteiger partial charge in [0.25, 0.3) is 5.91 Å². The highest BCUT2D eigenvalue weighted by atomic mass is 79.9. The van der Waals surface area contributed by atoms with E-state index in [0.29, 0.717) is 21.4 Å². The fourth-order valence-electron chi connectivity index (χ4n) is 2.00. The number of sulfonamides is 1. The number of rotatable bonds is 5. The van der Waals surface area contributed by atoms with Crippen LogP contribution in [0, 0.1) is 6.92 Å². The first-order valence-corrected chi connectivity index (χ1v) is 9.89. The van der Waals surface area contributed by atoms with Gasteiger partial charge in [0.1, 0.15) is 0 Å². The highest BCUT2D eigenvalue weighted by Gasteiger charge is 2.17. The zero-order valence-electron chi connectivity index (χ0n) is 14.2. The van der Waals surface area contributed by atoms with Crippen molar-refractivity contribution in [3.05, 3.63) is 45.7 Å². The van der Waals surface area contributed by atoms with Crippen molar-refractivity contribution < 1.29 is 13.2 Å². The summed E-state index contributed by atoms with van der Waals surface area (Å²) in [6, 6.07) is 6.72. The van der Waals surface area contributed by atoms with Crippen LogP contribution in [0.4, 0.5) is 5.69 Å². The van der Waals surface area contributed by atoms with Crippen molar-refractivity contribution in [2.75, 3.05) is 11.0 Å². The summed E-state index contributed by atoms with van der Waals surface area (Å²) in [5.74, 6) is -0.444. The summed E-state index contributed by atoms with van der Waals surface area (Å²) in [4.78, 5) is 12.2. The van der Waals surface area contributed by atoms with Crippen LogP contribution in [-0.2, 0) is 17.1 Å². The number of halogens is 1. The Kier molecular flexibility index (Phi) is 5.63. The highest BCUT2D eigenvalue weighted by Crippen LogP contribution is 2.19. The van der Waals surface area contributed by atoms with Crippen molar-refractivity contribution in [3.8, 4) is 0 Å². The van der Waals surface area contributed by atoms with Gasteiger partial charge >= 0.3 is 0 Å². The molecule has 0 aliphatic carbocycles. The van der Waals surface area contributed by atoms with E-state index in [1.165, 1.54) is 0 Å². The molecule has 0 aliphatic rings. The lowest BCUT2D eigenvalue weighted by atomic mass is 10.1. The molecule has 1 amide bonds. The van der Waals surface area contributed by atoms with Gasteiger partial charge < -0.3 is 0 Å². The fraction of sp³-hybridized carbons (Fsp3) is 0.267. The summed E-state index contributed by atoms with van der Waals surface area (Å²) in [5.41, 5.74) is 5.13. The molecule has 2 aromatic rings. The SMILES string of the molecule is CC(=NNC(=O)c1nn(C)c(C)c1Br)c1cccc(NS(C)(=O)=O)c1. The summed E-state index contributed by atoms with van der Waals surface area (Å²) in [6.45, 7) is 3.54. The van der Waals surface area contributed by atoms with Crippen LogP contribution in [-0.4, -0.2) is 36.1 Å². The van der Waals surface area contributed by atoms with Gasteiger partial charge in [0, 0.05) is 12.7 Å². The summed E-state index contributed by atoms with van der Waals surface area (Å²) < 4.78 is 27.2. The van der Waals surface area contributed by atoms with Crippen LogP contribution in [0.2, 0.25) is 0 Å². The van der Waals surface area contributed by atoms with Crippen molar-refractivity contribution in [2.45, 2.75) is 13.8 Å². The third-order valence-corrected chi connectivity index (χ3v) is 4.94. The molecule has 0 aliphatic heterocycles. The van der Waals surface area contributed by atoms with Crippen molar-refractivity contribution in [2.24, 2.45) is 12.1 Å². The van der Waals surface area contributed by atoms with E-state index in [1.807, 2.05) is 6.92 Å². The van der Waals surface area contributed by atoms with E-state index in [9.17, 15) is 13.2 Å². The molecule has 0 radical (unpaired) electrons. The molecule has 1 aromatic carbocycles. The minimum absolute atomic E-state index is 0.240. The van der Waals surface area contributed by atoms with Gasteiger partial charge in [-0.25, -0.2) is 13.8 Å². The molecule has 0 atom stereocenters. The third kappa shape index (κ3) is 4.89. The average Bonchev–Trinajstić information content (AvgIpc) is 2.78. The Morgan fingerprint density at radius 2 is 2.04 bits per heavy atom. The van der Waals surface area contributed by atoms with E-state index in [1.54, 1.807) is 42.9 Å². The normalized spacial score (nSPS) is 12.1. The first-order valence-electron chi connectivity index (χ1n) is 7.20. The number of aromatic nitrogens is 2. The van der Waals surface area contributed by atoms with Crippen LogP contribution < -0.4 is 10.1 Å². The Hall–Kier alpha value is -2.20. The molecule has 0 saturated heterocycles. The first kappa shape index (κ1) is 19.1. The number of amides is 1. The number of nitrogens with one attached hydrogen (secondary N) is 2. The molecule has 8 nitrogen and oxygen atoms in total. The quantitative estimate of drug-likeness (QED) is 0.562. The molecule has 0 bridgehead atoms. The van der Waals surface area contributed by atoms with E-state index >= 15 is 0 Å². The van der Waals surface area contributed by atoms with Crippen LogP contribution in [0.5, 0.6) is 0 Å². The van der Waals surface area contributed by atoms with Gasteiger partial charge in [0.05, 0.1) is 22.1 Å². The molecule has 134 valence electrons. The number of benzene rings is 1. The fourth-order valence-corrected chi connectivity index (χ4v) is 3.07. The molecule has 10 heteroatoms. The third-order valence-electron chi connectivity index (χ3n) is 3.38. The summed E-state index contributed by atoms with van der Waals surface area (Å²) in [7, 11) is -1.62. The van der Waals surface area contributed by atoms with Crippen LogP contribution in [0.25, 0.3) is 0 Å². The molecular formula is C15H18BrN5O3S. The number of carbonyl (C=O) groups is 1. The van der Waals surface area contributed by atoms with Crippen molar-refractivity contribution in [3.63, 3.8) is 0 Å². The predicted molar refractivity (Wildman–Crippen MR) is 100 cm³/mol. The Morgan fingerprint density at radius 1 is 1.36 bits per heavy atom. The predicted octanol–water partition coefficient (Wildman–Crippen LogP) is 2.02. The number of hydrazone groups is 1. The van der Waals surface area contributed by atoms with Gasteiger partial charge in [0.15, 0.2) is 5.69 Å². The molecule has 1 aromatic heterocycles. The number of nitrogens with zero attached hydrogens (tertiary/aromatic N) is 3. The molecule has 0 fully saturated rings. The summed E-state index contributed by atoms with van der Waals surface area (Å²) in [5, 5.41) is 8.18. The van der Waals surface area contributed by atoms with Crippen molar-refractivity contribution in [1.29, 1.82) is 0 Å². The smallest absolute Gasteiger partial charge is 0.284 e. The highest BCUT2D eigenvalue weighted by molar-refractivity contribution is 9.10.